The first-order valence-corrected chi connectivity index (χ1v) is 16.3. The van der Waals surface area contributed by atoms with E-state index < -0.39 is 17.4 Å². The van der Waals surface area contributed by atoms with E-state index in [1.807, 2.05) is 42.5 Å². The molecule has 7 heteroatoms. The quantitative estimate of drug-likeness (QED) is 0.263. The molecule has 0 heterocycles. The van der Waals surface area contributed by atoms with E-state index >= 15 is 0 Å². The summed E-state index contributed by atoms with van der Waals surface area (Å²) in [5.74, 6) is 1.46. The molecule has 0 aromatic heterocycles. The summed E-state index contributed by atoms with van der Waals surface area (Å²) < 4.78 is 41.3. The fourth-order valence-corrected chi connectivity index (χ4v) is 8.35. The SMILES string of the molecule is CCP(=O)(O)CCCCCCC1C(NS(=O)(=O)c2ccc(-c3ccccc3)cc2)[C@@H]2CC[C@H]1C2. The molecule has 2 aromatic rings. The molecule has 0 aliphatic heterocycles. The van der Waals surface area contributed by atoms with Gasteiger partial charge in [-0.1, -0.05) is 68.7 Å². The summed E-state index contributed by atoms with van der Waals surface area (Å²) in [6, 6.07) is 17.2. The maximum absolute atomic E-state index is 13.2. The summed E-state index contributed by atoms with van der Waals surface area (Å²) in [5.41, 5.74) is 2.08. The van der Waals surface area contributed by atoms with Crippen LogP contribution in [0.5, 0.6) is 0 Å². The molecule has 2 saturated carbocycles. The van der Waals surface area contributed by atoms with Crippen molar-refractivity contribution in [1.29, 1.82) is 0 Å². The van der Waals surface area contributed by atoms with E-state index in [1.54, 1.807) is 19.1 Å². The molecule has 2 aliphatic rings. The second kappa shape index (κ2) is 11.1. The second-order valence-electron chi connectivity index (χ2n) is 10.1. The van der Waals surface area contributed by atoms with Crippen LogP contribution in [0.1, 0.15) is 58.3 Å². The topological polar surface area (TPSA) is 83.5 Å². The molecule has 2 aromatic carbocycles. The molecule has 2 N–H and O–H groups in total. The van der Waals surface area contributed by atoms with Gasteiger partial charge in [0.05, 0.1) is 4.90 Å². The van der Waals surface area contributed by atoms with Gasteiger partial charge in [-0.15, -0.1) is 0 Å². The highest BCUT2D eigenvalue weighted by Crippen LogP contribution is 2.50. The van der Waals surface area contributed by atoms with Gasteiger partial charge in [-0.2, -0.15) is 0 Å². The molecule has 2 bridgehead atoms. The van der Waals surface area contributed by atoms with Crippen LogP contribution in [0.15, 0.2) is 59.5 Å². The minimum atomic E-state index is -3.57. The van der Waals surface area contributed by atoms with Gasteiger partial charge >= 0.3 is 0 Å². The van der Waals surface area contributed by atoms with E-state index in [-0.39, 0.29) is 6.04 Å². The Morgan fingerprint density at radius 2 is 1.56 bits per heavy atom. The summed E-state index contributed by atoms with van der Waals surface area (Å²) in [5, 5.41) is 0. The number of benzene rings is 2. The van der Waals surface area contributed by atoms with Crippen molar-refractivity contribution in [3.63, 3.8) is 0 Å². The molecule has 0 amide bonds. The number of rotatable bonds is 12. The number of unbranched alkanes of at least 4 members (excludes halogenated alkanes) is 3. The summed E-state index contributed by atoms with van der Waals surface area (Å²) in [7, 11) is -6.48. The van der Waals surface area contributed by atoms with E-state index in [0.29, 0.717) is 35.0 Å². The average Bonchev–Trinajstić information content (AvgIpc) is 3.44. The molecule has 0 radical (unpaired) electrons. The van der Waals surface area contributed by atoms with Gasteiger partial charge in [0.2, 0.25) is 10.0 Å². The van der Waals surface area contributed by atoms with Gasteiger partial charge in [0.25, 0.3) is 0 Å². The maximum atomic E-state index is 13.2. The average molecular weight is 504 g/mol. The van der Waals surface area contributed by atoms with Crippen LogP contribution in [0.3, 0.4) is 0 Å². The number of sulfonamides is 1. The Hall–Kier alpha value is -1.46. The first-order valence-electron chi connectivity index (χ1n) is 12.8. The first kappa shape index (κ1) is 25.6. The third kappa shape index (κ3) is 6.20. The van der Waals surface area contributed by atoms with Crippen LogP contribution < -0.4 is 4.72 Å². The predicted molar refractivity (Wildman–Crippen MR) is 139 cm³/mol. The Balaban J connectivity index is 1.33. The minimum absolute atomic E-state index is 0.0234. The highest BCUT2D eigenvalue weighted by molar-refractivity contribution is 7.89. The third-order valence-corrected chi connectivity index (χ3v) is 11.4. The van der Waals surface area contributed by atoms with Gasteiger partial charge in [-0.25, -0.2) is 13.1 Å². The van der Waals surface area contributed by atoms with Crippen molar-refractivity contribution in [2.45, 2.75) is 69.2 Å². The molecule has 3 unspecified atom stereocenters. The van der Waals surface area contributed by atoms with E-state index in [2.05, 4.69) is 4.72 Å². The fourth-order valence-electron chi connectivity index (χ4n) is 5.96. The molecule has 5 nitrogen and oxygen atoms in total. The zero-order valence-corrected chi connectivity index (χ0v) is 21.8. The monoisotopic (exact) mass is 503 g/mol. The highest BCUT2D eigenvalue weighted by atomic mass is 32.2. The molecule has 5 atom stereocenters. The summed E-state index contributed by atoms with van der Waals surface area (Å²) in [6.45, 7) is 1.77. The van der Waals surface area contributed by atoms with Gasteiger partial charge < -0.3 is 4.89 Å². The standard InChI is InChI=1S/C27H38NO4PS/c1-2-33(29,30)19-9-4-3-8-12-26-23-13-14-24(20-23)27(26)28-34(31,32)25-17-15-22(16-18-25)21-10-6-5-7-11-21/h5-7,10-11,15-18,23-24,26-28H,2-4,8-9,12-14,19-20H2,1H3,(H,29,30)/t23-,24+,26?,27?/m0/s1. The number of hydrogen-bond acceptors (Lipinski definition) is 3. The smallest absolute Gasteiger partial charge is 0.240 e. The Labute approximate surface area is 204 Å². The molecular weight excluding hydrogens is 465 g/mol. The third-order valence-electron chi connectivity index (χ3n) is 7.94. The molecule has 0 saturated heterocycles. The largest absolute Gasteiger partial charge is 0.344 e. The highest BCUT2D eigenvalue weighted by Gasteiger charge is 2.48. The molecule has 2 aliphatic carbocycles. The van der Waals surface area contributed by atoms with Crippen LogP contribution in [-0.2, 0) is 14.6 Å². The lowest BCUT2D eigenvalue weighted by Crippen LogP contribution is -2.43. The Morgan fingerprint density at radius 1 is 0.912 bits per heavy atom. The van der Waals surface area contributed by atoms with Crippen LogP contribution in [0.25, 0.3) is 11.1 Å². The number of hydrogen-bond donors (Lipinski definition) is 2. The van der Waals surface area contributed by atoms with Crippen LogP contribution in [-0.4, -0.2) is 31.7 Å². The van der Waals surface area contributed by atoms with E-state index in [9.17, 15) is 17.9 Å². The van der Waals surface area contributed by atoms with E-state index in [1.165, 1.54) is 6.42 Å². The van der Waals surface area contributed by atoms with E-state index in [4.69, 9.17) is 0 Å². The predicted octanol–water partition coefficient (Wildman–Crippen LogP) is 6.29. The fraction of sp³-hybridized carbons (Fsp3) is 0.556. The van der Waals surface area contributed by atoms with Crippen LogP contribution in [0.2, 0.25) is 0 Å². The second-order valence-corrected chi connectivity index (χ2v) is 14.6. The molecule has 0 spiro atoms. The number of nitrogens with one attached hydrogen (secondary N) is 1. The lowest BCUT2D eigenvalue weighted by molar-refractivity contribution is 0.251. The van der Waals surface area contributed by atoms with Crippen molar-refractivity contribution >= 4 is 17.4 Å². The number of fused-ring (bicyclic) bond motifs is 2. The van der Waals surface area contributed by atoms with Gasteiger partial charge in [-0.3, -0.25) is 4.57 Å². The maximum Gasteiger partial charge on any atom is 0.240 e. The summed E-state index contributed by atoms with van der Waals surface area (Å²) in [4.78, 5) is 10.1. The van der Waals surface area contributed by atoms with Crippen LogP contribution >= 0.6 is 7.37 Å². The molecular formula is C27H38NO4PS. The van der Waals surface area contributed by atoms with Gasteiger partial charge in [0.15, 0.2) is 7.37 Å². The summed E-state index contributed by atoms with van der Waals surface area (Å²) >= 11 is 0. The molecule has 34 heavy (non-hydrogen) atoms. The lowest BCUT2D eigenvalue weighted by Gasteiger charge is -2.31. The lowest BCUT2D eigenvalue weighted by atomic mass is 9.81. The zero-order valence-electron chi connectivity index (χ0n) is 20.1. The van der Waals surface area contributed by atoms with Crippen LogP contribution in [0, 0.1) is 17.8 Å². The molecule has 2 fully saturated rings. The van der Waals surface area contributed by atoms with Gasteiger partial charge in [0.1, 0.15) is 0 Å². The Kier molecular flexibility index (Phi) is 8.35. The zero-order chi connectivity index (χ0) is 24.2. The van der Waals surface area contributed by atoms with Gasteiger partial charge in [0, 0.05) is 18.4 Å². The van der Waals surface area contributed by atoms with Crippen molar-refractivity contribution in [3.8, 4) is 11.1 Å². The van der Waals surface area contributed by atoms with Crippen molar-refractivity contribution in [3.05, 3.63) is 54.6 Å². The minimum Gasteiger partial charge on any atom is -0.344 e. The molecule has 186 valence electrons. The van der Waals surface area contributed by atoms with Crippen molar-refractivity contribution < 1.29 is 17.9 Å². The summed E-state index contributed by atoms with van der Waals surface area (Å²) in [6.07, 6.45) is 9.13. The van der Waals surface area contributed by atoms with Gasteiger partial charge in [-0.05, 0) is 73.1 Å². The van der Waals surface area contributed by atoms with E-state index in [0.717, 1.165) is 56.1 Å². The Bertz CT molecular complexity index is 1090. The van der Waals surface area contributed by atoms with Crippen molar-refractivity contribution in [2.75, 3.05) is 12.3 Å². The van der Waals surface area contributed by atoms with Crippen molar-refractivity contribution in [2.24, 2.45) is 17.8 Å². The van der Waals surface area contributed by atoms with Crippen LogP contribution in [0.4, 0.5) is 0 Å². The normalized spacial score (nSPS) is 25.9. The Morgan fingerprint density at radius 3 is 2.26 bits per heavy atom. The molecule has 4 rings (SSSR count). The van der Waals surface area contributed by atoms with Crippen molar-refractivity contribution in [1.82, 2.24) is 4.72 Å². The first-order chi connectivity index (χ1) is 16.3.